The van der Waals surface area contributed by atoms with Gasteiger partial charge in [-0.1, -0.05) is 0 Å². The van der Waals surface area contributed by atoms with E-state index in [0.717, 1.165) is 3.63 Å². The molecule has 0 N–H and O–H groups in total. The summed E-state index contributed by atoms with van der Waals surface area (Å²) >= 11 is -0.729. The molecule has 0 saturated carbocycles. The SMILES string of the molecule is CCCCC1=Cc2ccccc2[CH]1[Zr+2][C]1(CC)C(C)=C(C)C(C)=C1C.[Br-].[Br-]. The molecular formula is C24H32Br2Zr. The average molecular weight is 572 g/mol. The van der Waals surface area contributed by atoms with Crippen molar-refractivity contribution in [3.8, 4) is 0 Å². The van der Waals surface area contributed by atoms with Crippen LogP contribution in [-0.4, -0.2) is 0 Å². The molecule has 0 aliphatic heterocycles. The van der Waals surface area contributed by atoms with Crippen LogP contribution in [0.15, 0.2) is 52.1 Å². The zero-order valence-corrected chi connectivity index (χ0v) is 23.2. The largest absolute Gasteiger partial charge is 1.00 e. The molecule has 0 radical (unpaired) electrons. The fourth-order valence-corrected chi connectivity index (χ4v) is 10.5. The maximum Gasteiger partial charge on any atom is -1.00 e. The van der Waals surface area contributed by atoms with Crippen molar-refractivity contribution in [1.29, 1.82) is 0 Å². The molecule has 0 fully saturated rings. The molecule has 0 bridgehead atoms. The van der Waals surface area contributed by atoms with E-state index in [-0.39, 0.29) is 34.0 Å². The molecule has 3 heteroatoms. The van der Waals surface area contributed by atoms with E-state index in [9.17, 15) is 0 Å². The molecule has 0 nitrogen and oxygen atoms in total. The van der Waals surface area contributed by atoms with Gasteiger partial charge in [0.05, 0.1) is 0 Å². The quantitative estimate of drug-likeness (QED) is 0.488. The summed E-state index contributed by atoms with van der Waals surface area (Å²) in [6.45, 7) is 14.3. The van der Waals surface area contributed by atoms with Crippen molar-refractivity contribution in [2.24, 2.45) is 0 Å². The molecule has 27 heavy (non-hydrogen) atoms. The molecule has 0 saturated heterocycles. The predicted molar refractivity (Wildman–Crippen MR) is 106 cm³/mol. The monoisotopic (exact) mass is 568 g/mol. The Kier molecular flexibility index (Phi) is 9.71. The summed E-state index contributed by atoms with van der Waals surface area (Å²) in [5.41, 5.74) is 11.4. The Morgan fingerprint density at radius 3 is 2.07 bits per heavy atom. The zero-order valence-electron chi connectivity index (χ0n) is 17.5. The summed E-state index contributed by atoms with van der Waals surface area (Å²) in [7, 11) is 0. The molecule has 0 aromatic heterocycles. The minimum Gasteiger partial charge on any atom is -1.00 e. The van der Waals surface area contributed by atoms with Gasteiger partial charge in [0.2, 0.25) is 0 Å². The van der Waals surface area contributed by atoms with E-state index in [1.54, 1.807) is 33.4 Å². The zero-order chi connectivity index (χ0) is 18.2. The van der Waals surface area contributed by atoms with Gasteiger partial charge in [0.15, 0.2) is 0 Å². The Bertz CT molecular complexity index is 746. The van der Waals surface area contributed by atoms with Crippen LogP contribution >= 0.6 is 0 Å². The van der Waals surface area contributed by atoms with Gasteiger partial charge >= 0.3 is 167 Å². The van der Waals surface area contributed by atoms with E-state index in [2.05, 4.69) is 71.9 Å². The van der Waals surface area contributed by atoms with E-state index in [1.807, 2.05) is 0 Å². The van der Waals surface area contributed by atoms with Crippen molar-refractivity contribution in [3.63, 3.8) is 0 Å². The first-order valence-corrected chi connectivity index (χ1v) is 12.5. The Balaban J connectivity index is 0.00000182. The first-order chi connectivity index (χ1) is 12.0. The molecule has 1 aromatic carbocycles. The molecule has 3 rings (SSSR count). The van der Waals surface area contributed by atoms with Crippen molar-refractivity contribution in [2.75, 3.05) is 0 Å². The second kappa shape index (κ2) is 10.4. The van der Waals surface area contributed by atoms with Crippen LogP contribution in [0.5, 0.6) is 0 Å². The molecule has 2 aliphatic rings. The third-order valence-electron chi connectivity index (χ3n) is 6.73. The maximum absolute atomic E-state index is 2.53. The Morgan fingerprint density at radius 1 is 0.926 bits per heavy atom. The third kappa shape index (κ3) is 4.41. The molecule has 146 valence electrons. The number of unbranched alkanes of at least 4 members (excludes halogenated alkanes) is 1. The van der Waals surface area contributed by atoms with Crippen LogP contribution in [0.1, 0.15) is 82.0 Å². The van der Waals surface area contributed by atoms with E-state index in [4.69, 9.17) is 0 Å². The van der Waals surface area contributed by atoms with Crippen molar-refractivity contribution >= 4 is 6.08 Å². The number of hydrogen-bond donors (Lipinski definition) is 0. The van der Waals surface area contributed by atoms with Crippen LogP contribution in [0.3, 0.4) is 0 Å². The fraction of sp³-hybridized carbons (Fsp3) is 0.500. The second-order valence-corrected chi connectivity index (χ2v) is 12.0. The number of allylic oxidation sites excluding steroid dienone is 5. The normalized spacial score (nSPS) is 19.9. The molecule has 1 atom stereocenters. The Hall–Kier alpha value is 0.283. The smallest absolute Gasteiger partial charge is 1.00 e. The molecule has 0 heterocycles. The predicted octanol–water partition coefficient (Wildman–Crippen LogP) is 1.66. The van der Waals surface area contributed by atoms with Crippen molar-refractivity contribution < 1.29 is 57.2 Å². The summed E-state index contributed by atoms with van der Waals surface area (Å²) in [4.78, 5) is 0. The van der Waals surface area contributed by atoms with Gasteiger partial charge in [0.25, 0.3) is 0 Å². The standard InChI is InChI=1S/C13H15.C11H17.2BrH.Zr/c1-2-3-6-11-9-12-7-4-5-8-13(12)10-11;1-6-11-9(4)7(2)8(3)10(11)5;;;/h4-5,7-10H,2-3,6H2,1H3;6H2,1-5H3;2*1H;/q;;;;+2/p-2. The first-order valence-electron chi connectivity index (χ1n) is 9.89. The minimum absolute atomic E-state index is 0. The van der Waals surface area contributed by atoms with Gasteiger partial charge in [0.1, 0.15) is 0 Å². The number of hydrogen-bond acceptors (Lipinski definition) is 0. The van der Waals surface area contributed by atoms with E-state index < -0.39 is 23.2 Å². The van der Waals surface area contributed by atoms with Crippen LogP contribution in [0, 0.1) is 0 Å². The summed E-state index contributed by atoms with van der Waals surface area (Å²) < 4.78 is 1.18. The van der Waals surface area contributed by atoms with Crippen molar-refractivity contribution in [3.05, 3.63) is 63.3 Å². The van der Waals surface area contributed by atoms with Gasteiger partial charge in [-0.05, 0) is 0 Å². The molecule has 1 unspecified atom stereocenters. The van der Waals surface area contributed by atoms with Gasteiger partial charge < -0.3 is 34.0 Å². The number of benzene rings is 1. The topological polar surface area (TPSA) is 0 Å². The molecule has 0 amide bonds. The minimum atomic E-state index is -0.729. The van der Waals surface area contributed by atoms with Crippen LogP contribution in [0.4, 0.5) is 0 Å². The van der Waals surface area contributed by atoms with Gasteiger partial charge in [-0.2, -0.15) is 0 Å². The van der Waals surface area contributed by atoms with E-state index >= 15 is 0 Å². The summed E-state index contributed by atoms with van der Waals surface area (Å²) in [5.74, 6) is 0. The van der Waals surface area contributed by atoms with Crippen LogP contribution in [-0.2, 0) is 23.2 Å². The number of fused-ring (bicyclic) bond motifs is 1. The summed E-state index contributed by atoms with van der Waals surface area (Å²) in [6, 6.07) is 9.19. The van der Waals surface area contributed by atoms with Gasteiger partial charge in [0, 0.05) is 0 Å². The molecular weight excluding hydrogens is 539 g/mol. The van der Waals surface area contributed by atoms with Crippen LogP contribution in [0.25, 0.3) is 6.08 Å². The second-order valence-electron chi connectivity index (χ2n) is 7.79. The van der Waals surface area contributed by atoms with E-state index in [0.29, 0.717) is 3.12 Å². The Morgan fingerprint density at radius 2 is 1.52 bits per heavy atom. The fourth-order valence-electron chi connectivity index (χ4n) is 4.74. The molecule has 1 aromatic rings. The summed E-state index contributed by atoms with van der Waals surface area (Å²) in [5, 5.41) is 0. The average Bonchev–Trinajstić information content (AvgIpc) is 3.05. The van der Waals surface area contributed by atoms with E-state index in [1.165, 1.54) is 31.2 Å². The number of rotatable bonds is 6. The van der Waals surface area contributed by atoms with Gasteiger partial charge in [-0.3, -0.25) is 0 Å². The van der Waals surface area contributed by atoms with Crippen LogP contribution < -0.4 is 34.0 Å². The van der Waals surface area contributed by atoms with Crippen molar-refractivity contribution in [1.82, 2.24) is 0 Å². The molecule has 2 aliphatic carbocycles. The van der Waals surface area contributed by atoms with Gasteiger partial charge in [-0.25, -0.2) is 0 Å². The Labute approximate surface area is 199 Å². The van der Waals surface area contributed by atoms with Gasteiger partial charge in [-0.15, -0.1) is 0 Å². The number of halogens is 2. The summed E-state index contributed by atoms with van der Waals surface area (Å²) in [6.07, 6.45) is 7.73. The molecule has 0 spiro atoms. The third-order valence-corrected chi connectivity index (χ3v) is 13.0. The van der Waals surface area contributed by atoms with Crippen molar-refractivity contribution in [2.45, 2.75) is 74.0 Å². The van der Waals surface area contributed by atoms with Crippen LogP contribution in [0.2, 0.25) is 3.12 Å². The first kappa shape index (κ1) is 25.3. The maximum atomic E-state index is 2.53.